The first-order chi connectivity index (χ1) is 29.4. The van der Waals surface area contributed by atoms with Crippen molar-refractivity contribution in [2.45, 2.75) is 75.3 Å². The lowest BCUT2D eigenvalue weighted by molar-refractivity contribution is -0.324. The van der Waals surface area contributed by atoms with Crippen LogP contribution in [0.5, 0.6) is 0 Å². The van der Waals surface area contributed by atoms with Gasteiger partial charge in [-0.05, 0) is 48.5 Å². The van der Waals surface area contributed by atoms with Crippen molar-refractivity contribution in [2.75, 3.05) is 13.2 Å². The Labute approximate surface area is 348 Å². The molecule has 2 aliphatic rings. The van der Waals surface area contributed by atoms with Gasteiger partial charge in [0.1, 0.15) is 24.9 Å². The Morgan fingerprint density at radius 3 is 1.30 bits per heavy atom. The van der Waals surface area contributed by atoms with E-state index in [9.17, 15) is 39.0 Å². The number of ether oxygens (including phenoxy) is 9. The van der Waals surface area contributed by atoms with E-state index in [4.69, 9.17) is 42.6 Å². The molecule has 0 amide bonds. The summed E-state index contributed by atoms with van der Waals surface area (Å²) in [5.41, 5.74) is 0.302. The van der Waals surface area contributed by atoms with Crippen molar-refractivity contribution in [3.63, 3.8) is 0 Å². The molecule has 10 atom stereocenters. The first-order valence-corrected chi connectivity index (χ1v) is 19.0. The van der Waals surface area contributed by atoms with Crippen LogP contribution in [0.1, 0.15) is 55.3 Å². The molecule has 4 aromatic carbocycles. The van der Waals surface area contributed by atoms with Crippen LogP contribution in [0.3, 0.4) is 0 Å². The van der Waals surface area contributed by atoms with Crippen LogP contribution in [0.4, 0.5) is 0 Å². The fourth-order valence-corrected chi connectivity index (χ4v) is 6.50. The molecule has 6 rings (SSSR count). The Morgan fingerprint density at radius 1 is 0.459 bits per heavy atom. The zero-order valence-electron chi connectivity index (χ0n) is 32.8. The van der Waals surface area contributed by atoms with E-state index in [-0.39, 0.29) is 22.3 Å². The van der Waals surface area contributed by atoms with E-state index >= 15 is 0 Å². The Bertz CT molecular complexity index is 2120. The highest BCUT2D eigenvalue weighted by molar-refractivity contribution is 5.91. The smallest absolute Gasteiger partial charge is 0.338 e. The maximum atomic E-state index is 13.6. The number of carbonyl (C=O) groups is 6. The number of benzene rings is 4. The largest absolute Gasteiger partial charge is 0.463 e. The topological polar surface area (TPSA) is 226 Å². The molecule has 61 heavy (non-hydrogen) atoms. The highest BCUT2D eigenvalue weighted by Crippen LogP contribution is 2.33. The molecule has 0 radical (unpaired) electrons. The molecule has 17 heteroatoms. The van der Waals surface area contributed by atoms with Crippen molar-refractivity contribution >= 4 is 35.8 Å². The SMILES string of the molecule is CC(=O)OC[C@H]1O[C@H](OC[C@H]2O[C@H](O)[C@@H](OC(=O)c3ccccc3)[C@@H](OC(=O)c3ccccc3)[C@@H]2O)[C@@H](OC(=O)c2ccccc2)[C@@H](OC(=O)c2ccccc2)[C@@H]1OC(C)=O. The summed E-state index contributed by atoms with van der Waals surface area (Å²) >= 11 is 0. The van der Waals surface area contributed by atoms with Crippen LogP contribution in [0.15, 0.2) is 121 Å². The van der Waals surface area contributed by atoms with Crippen molar-refractivity contribution in [3.05, 3.63) is 144 Å². The molecule has 2 fully saturated rings. The van der Waals surface area contributed by atoms with E-state index in [1.165, 1.54) is 48.5 Å². The van der Waals surface area contributed by atoms with E-state index in [1.54, 1.807) is 72.8 Å². The minimum absolute atomic E-state index is 0.0637. The van der Waals surface area contributed by atoms with Crippen molar-refractivity contribution in [3.8, 4) is 0 Å². The van der Waals surface area contributed by atoms with Gasteiger partial charge in [-0.25, -0.2) is 19.2 Å². The molecule has 0 saturated carbocycles. The Hall–Kier alpha value is -6.50. The fraction of sp³-hybridized carbons (Fsp3) is 0.318. The summed E-state index contributed by atoms with van der Waals surface area (Å²) in [6.07, 6.45) is -17.1. The molecule has 0 unspecified atom stereocenters. The van der Waals surface area contributed by atoms with Crippen molar-refractivity contribution in [1.82, 2.24) is 0 Å². The fourth-order valence-electron chi connectivity index (χ4n) is 6.50. The van der Waals surface area contributed by atoms with Gasteiger partial charge < -0.3 is 52.8 Å². The first-order valence-electron chi connectivity index (χ1n) is 19.0. The number of hydrogen-bond donors (Lipinski definition) is 2. The van der Waals surface area contributed by atoms with E-state index in [0.717, 1.165) is 13.8 Å². The molecule has 2 N–H and O–H groups in total. The Balaban J connectivity index is 1.32. The third kappa shape index (κ3) is 11.4. The van der Waals surface area contributed by atoms with Gasteiger partial charge in [-0.15, -0.1) is 0 Å². The molecule has 2 saturated heterocycles. The van der Waals surface area contributed by atoms with Gasteiger partial charge >= 0.3 is 35.8 Å². The summed E-state index contributed by atoms with van der Waals surface area (Å²) in [6.45, 7) is 0.899. The molecule has 0 spiro atoms. The zero-order valence-corrected chi connectivity index (χ0v) is 32.8. The van der Waals surface area contributed by atoms with Crippen LogP contribution in [0, 0.1) is 0 Å². The number of aliphatic hydroxyl groups excluding tert-OH is 2. The van der Waals surface area contributed by atoms with Crippen LogP contribution in [0.2, 0.25) is 0 Å². The second-order valence-electron chi connectivity index (χ2n) is 13.8. The summed E-state index contributed by atoms with van der Waals surface area (Å²) < 4.78 is 51.7. The minimum Gasteiger partial charge on any atom is -0.463 e. The molecule has 2 heterocycles. The van der Waals surface area contributed by atoms with Gasteiger partial charge in [0.25, 0.3) is 0 Å². The average Bonchev–Trinajstić information content (AvgIpc) is 3.27. The van der Waals surface area contributed by atoms with Crippen LogP contribution in [-0.2, 0) is 52.2 Å². The Kier molecular flexibility index (Phi) is 14.9. The highest BCUT2D eigenvalue weighted by Gasteiger charge is 2.55. The van der Waals surface area contributed by atoms with Crippen molar-refractivity contribution in [2.24, 2.45) is 0 Å². The lowest BCUT2D eigenvalue weighted by atomic mass is 9.97. The summed E-state index contributed by atoms with van der Waals surface area (Å²) in [5.74, 6) is -5.33. The predicted molar refractivity (Wildman–Crippen MR) is 206 cm³/mol. The van der Waals surface area contributed by atoms with E-state index < -0.39 is 110 Å². The maximum absolute atomic E-state index is 13.6. The number of rotatable bonds is 14. The second kappa shape index (κ2) is 20.7. The summed E-state index contributed by atoms with van der Waals surface area (Å²) in [7, 11) is 0. The first kappa shape index (κ1) is 44.1. The van der Waals surface area contributed by atoms with Crippen LogP contribution >= 0.6 is 0 Å². The lowest BCUT2D eigenvalue weighted by Gasteiger charge is -2.45. The van der Waals surface area contributed by atoms with Gasteiger partial charge in [0.05, 0.1) is 28.9 Å². The van der Waals surface area contributed by atoms with Gasteiger partial charge in [0, 0.05) is 13.8 Å². The summed E-state index contributed by atoms with van der Waals surface area (Å²) in [4.78, 5) is 78.2. The van der Waals surface area contributed by atoms with Crippen molar-refractivity contribution < 1.29 is 81.6 Å². The van der Waals surface area contributed by atoms with Crippen LogP contribution < -0.4 is 0 Å². The molecule has 17 nitrogen and oxygen atoms in total. The molecule has 0 aliphatic carbocycles. The normalized spacial score (nSPS) is 25.8. The quantitative estimate of drug-likeness (QED) is 0.137. The molecular formula is C44H42O17. The van der Waals surface area contributed by atoms with Crippen molar-refractivity contribution in [1.29, 1.82) is 0 Å². The van der Waals surface area contributed by atoms with Gasteiger partial charge in [-0.2, -0.15) is 0 Å². The number of carbonyl (C=O) groups excluding carboxylic acids is 6. The average molecular weight is 843 g/mol. The molecule has 4 aromatic rings. The highest BCUT2D eigenvalue weighted by atomic mass is 16.7. The zero-order chi connectivity index (χ0) is 43.5. The van der Waals surface area contributed by atoms with Crippen LogP contribution in [-0.4, -0.2) is 121 Å². The second-order valence-corrected chi connectivity index (χ2v) is 13.8. The van der Waals surface area contributed by atoms with Gasteiger partial charge in [-0.1, -0.05) is 72.8 Å². The van der Waals surface area contributed by atoms with E-state index in [1.807, 2.05) is 0 Å². The van der Waals surface area contributed by atoms with E-state index in [0.29, 0.717) is 0 Å². The predicted octanol–water partition coefficient (Wildman–Crippen LogP) is 3.20. The molecule has 0 bridgehead atoms. The Morgan fingerprint density at radius 2 is 0.869 bits per heavy atom. The molecule has 0 aromatic heterocycles. The monoisotopic (exact) mass is 842 g/mol. The third-order valence-electron chi connectivity index (χ3n) is 9.42. The van der Waals surface area contributed by atoms with Gasteiger partial charge in [0.15, 0.2) is 43.1 Å². The van der Waals surface area contributed by atoms with Crippen LogP contribution in [0.25, 0.3) is 0 Å². The maximum Gasteiger partial charge on any atom is 0.338 e. The summed E-state index contributed by atoms with van der Waals surface area (Å²) in [6, 6.07) is 30.9. The standard InChI is InChI=1S/C44H42O17/c1-25(45)53-24-32-34(55-26(2)46)36(59-40(49)28-17-9-4-10-18-28)38(61-42(51)30-21-13-6-14-22-30)44(57-32)54-23-31-33(47)35(58-39(48)27-15-7-3-8-16-27)37(43(52)56-31)60-41(50)29-19-11-5-12-20-29/h3-22,31-38,43-44,47,52H,23-24H2,1-2H3/t31-,32-,33-,34-,35+,36+,37+,38+,43+,44+/m1/s1. The van der Waals surface area contributed by atoms with Gasteiger partial charge in [-0.3, -0.25) is 9.59 Å². The number of hydrogen-bond acceptors (Lipinski definition) is 17. The molecular weight excluding hydrogens is 800 g/mol. The number of aliphatic hydroxyl groups is 2. The third-order valence-corrected chi connectivity index (χ3v) is 9.42. The minimum atomic E-state index is -2.01. The summed E-state index contributed by atoms with van der Waals surface area (Å²) in [5, 5.41) is 23.0. The lowest BCUT2D eigenvalue weighted by Crippen LogP contribution is -2.64. The van der Waals surface area contributed by atoms with Gasteiger partial charge in [0.2, 0.25) is 0 Å². The molecule has 320 valence electrons. The number of esters is 6. The van der Waals surface area contributed by atoms with E-state index in [2.05, 4.69) is 0 Å². The molecule has 2 aliphatic heterocycles.